The molecule has 0 unspecified atom stereocenters. The van der Waals surface area contributed by atoms with Gasteiger partial charge in [0.1, 0.15) is 5.82 Å². The summed E-state index contributed by atoms with van der Waals surface area (Å²) in [5.74, 6) is -1.67. The van der Waals surface area contributed by atoms with Crippen molar-refractivity contribution >= 4 is 33.3 Å². The maximum absolute atomic E-state index is 13.6. The molecule has 1 amide bonds. The van der Waals surface area contributed by atoms with E-state index in [-0.39, 0.29) is 16.6 Å². The Morgan fingerprint density at radius 2 is 1.85 bits per heavy atom. The van der Waals surface area contributed by atoms with Crippen molar-refractivity contribution < 1.29 is 19.1 Å². The summed E-state index contributed by atoms with van der Waals surface area (Å²) in [5, 5.41) is 8.69. The zero-order valence-electron chi connectivity index (χ0n) is 10.9. The molecule has 0 aliphatic carbocycles. The fraction of sp³-hybridized carbons (Fsp3) is 0.429. The van der Waals surface area contributed by atoms with Crippen LogP contribution < -0.4 is 4.90 Å². The first-order valence-corrected chi connectivity index (χ1v) is 7.31. The number of unbranched alkanes of at least 4 members (excludes halogenated alkanes) is 3. The van der Waals surface area contributed by atoms with Crippen molar-refractivity contribution in [1.82, 2.24) is 0 Å². The van der Waals surface area contributed by atoms with Gasteiger partial charge >= 0.3 is 0 Å². The number of aliphatic hydroxyl groups is 1. The number of carbonyl (C=O) groups excluding carboxylic acids is 2. The lowest BCUT2D eigenvalue weighted by Gasteiger charge is -2.16. The SMILES string of the molecule is O=C1C(=O)N(CCCCCCO)c2cc(F)c(Br)cc21. The van der Waals surface area contributed by atoms with Gasteiger partial charge in [0.2, 0.25) is 0 Å². The Bertz CT molecular complexity index is 547. The van der Waals surface area contributed by atoms with Crippen molar-refractivity contribution in [3.63, 3.8) is 0 Å². The number of hydrogen-bond acceptors (Lipinski definition) is 3. The molecule has 4 nitrogen and oxygen atoms in total. The zero-order valence-corrected chi connectivity index (χ0v) is 12.5. The van der Waals surface area contributed by atoms with Crippen LogP contribution in [0.3, 0.4) is 0 Å². The lowest BCUT2D eigenvalue weighted by Crippen LogP contribution is -2.30. The summed E-state index contributed by atoms with van der Waals surface area (Å²) in [6, 6.07) is 2.58. The summed E-state index contributed by atoms with van der Waals surface area (Å²) >= 11 is 3.02. The average Bonchev–Trinajstić information content (AvgIpc) is 2.64. The molecular weight excluding hydrogens is 329 g/mol. The van der Waals surface area contributed by atoms with Crippen molar-refractivity contribution in [3.05, 3.63) is 28.0 Å². The smallest absolute Gasteiger partial charge is 0.299 e. The molecule has 0 saturated carbocycles. The number of amides is 1. The number of rotatable bonds is 6. The Labute approximate surface area is 124 Å². The third kappa shape index (κ3) is 2.91. The molecule has 0 spiro atoms. The normalized spacial score (nSPS) is 14.1. The van der Waals surface area contributed by atoms with Crippen LogP contribution in [0.4, 0.5) is 10.1 Å². The van der Waals surface area contributed by atoms with E-state index in [1.54, 1.807) is 0 Å². The maximum atomic E-state index is 13.6. The number of nitrogens with zero attached hydrogens (tertiary/aromatic N) is 1. The van der Waals surface area contributed by atoms with Gasteiger partial charge in [0, 0.05) is 13.2 Å². The summed E-state index contributed by atoms with van der Waals surface area (Å²) in [5.41, 5.74) is 0.599. The molecule has 0 aromatic heterocycles. The van der Waals surface area contributed by atoms with E-state index in [2.05, 4.69) is 15.9 Å². The lowest BCUT2D eigenvalue weighted by atomic mass is 10.1. The van der Waals surface area contributed by atoms with E-state index >= 15 is 0 Å². The molecule has 1 aromatic rings. The van der Waals surface area contributed by atoms with E-state index in [1.807, 2.05) is 0 Å². The molecule has 0 fully saturated rings. The van der Waals surface area contributed by atoms with Crippen LogP contribution in [-0.4, -0.2) is 29.9 Å². The van der Waals surface area contributed by atoms with Gasteiger partial charge in [-0.05, 0) is 40.9 Å². The van der Waals surface area contributed by atoms with Gasteiger partial charge in [-0.2, -0.15) is 0 Å². The number of aliphatic hydroxyl groups excluding tert-OH is 1. The first kappa shape index (κ1) is 15.1. The van der Waals surface area contributed by atoms with Crippen LogP contribution in [0.25, 0.3) is 0 Å². The van der Waals surface area contributed by atoms with E-state index in [0.717, 1.165) is 25.7 Å². The van der Waals surface area contributed by atoms with Crippen LogP contribution in [0.5, 0.6) is 0 Å². The van der Waals surface area contributed by atoms with Crippen molar-refractivity contribution in [2.45, 2.75) is 25.7 Å². The molecule has 0 radical (unpaired) electrons. The Hall–Kier alpha value is -1.27. The molecule has 0 bridgehead atoms. The molecule has 1 N–H and O–H groups in total. The number of halogens is 2. The van der Waals surface area contributed by atoms with E-state index in [0.29, 0.717) is 12.2 Å². The third-order valence-electron chi connectivity index (χ3n) is 3.30. The molecule has 1 heterocycles. The van der Waals surface area contributed by atoms with Gasteiger partial charge in [-0.3, -0.25) is 9.59 Å². The summed E-state index contributed by atoms with van der Waals surface area (Å²) in [4.78, 5) is 25.1. The fourth-order valence-corrected chi connectivity index (χ4v) is 2.59. The summed E-state index contributed by atoms with van der Waals surface area (Å²) < 4.78 is 13.7. The summed E-state index contributed by atoms with van der Waals surface area (Å²) in [7, 11) is 0. The highest BCUT2D eigenvalue weighted by Gasteiger charge is 2.36. The highest BCUT2D eigenvalue weighted by atomic mass is 79.9. The summed E-state index contributed by atoms with van der Waals surface area (Å²) in [6.45, 7) is 0.549. The molecule has 1 aliphatic heterocycles. The Morgan fingerprint density at radius 3 is 2.55 bits per heavy atom. The van der Waals surface area contributed by atoms with Gasteiger partial charge in [-0.25, -0.2) is 4.39 Å². The van der Waals surface area contributed by atoms with Crippen LogP contribution in [-0.2, 0) is 4.79 Å². The highest BCUT2D eigenvalue weighted by Crippen LogP contribution is 2.33. The second-order valence-electron chi connectivity index (χ2n) is 4.71. The summed E-state index contributed by atoms with van der Waals surface area (Å²) in [6.07, 6.45) is 3.17. The van der Waals surface area contributed by atoms with Gasteiger partial charge in [-0.1, -0.05) is 12.8 Å². The number of fused-ring (bicyclic) bond motifs is 1. The highest BCUT2D eigenvalue weighted by molar-refractivity contribution is 9.10. The second kappa shape index (κ2) is 6.45. The molecule has 6 heteroatoms. The minimum atomic E-state index is -0.598. The van der Waals surface area contributed by atoms with Crippen molar-refractivity contribution in [2.24, 2.45) is 0 Å². The zero-order chi connectivity index (χ0) is 14.7. The second-order valence-corrected chi connectivity index (χ2v) is 5.56. The Balaban J connectivity index is 2.10. The van der Waals surface area contributed by atoms with Crippen molar-refractivity contribution in [2.75, 3.05) is 18.1 Å². The minimum Gasteiger partial charge on any atom is -0.396 e. The van der Waals surface area contributed by atoms with Crippen LogP contribution >= 0.6 is 15.9 Å². The molecular formula is C14H15BrFNO3. The average molecular weight is 344 g/mol. The van der Waals surface area contributed by atoms with E-state index < -0.39 is 17.5 Å². The van der Waals surface area contributed by atoms with Gasteiger partial charge < -0.3 is 10.0 Å². The molecule has 0 saturated heterocycles. The number of hydrogen-bond donors (Lipinski definition) is 1. The molecule has 1 aliphatic rings. The molecule has 0 atom stereocenters. The van der Waals surface area contributed by atoms with Gasteiger partial charge in [0.05, 0.1) is 15.7 Å². The lowest BCUT2D eigenvalue weighted by molar-refractivity contribution is -0.114. The number of anilines is 1. The molecule has 20 heavy (non-hydrogen) atoms. The topological polar surface area (TPSA) is 57.6 Å². The molecule has 2 rings (SSSR count). The Kier molecular flexibility index (Phi) is 4.88. The predicted octanol–water partition coefficient (Wildman–Crippen LogP) is 2.67. The number of benzene rings is 1. The van der Waals surface area contributed by atoms with Crippen LogP contribution in [0.1, 0.15) is 36.0 Å². The monoisotopic (exact) mass is 343 g/mol. The first-order chi connectivity index (χ1) is 9.56. The molecule has 1 aromatic carbocycles. The standard InChI is InChI=1S/C14H15BrFNO3/c15-10-7-9-12(8-11(10)16)17(14(20)13(9)19)5-3-1-2-4-6-18/h7-8,18H,1-6H2. The van der Waals surface area contributed by atoms with E-state index in [9.17, 15) is 14.0 Å². The predicted molar refractivity (Wildman–Crippen MR) is 76.3 cm³/mol. The van der Waals surface area contributed by atoms with E-state index in [4.69, 9.17) is 5.11 Å². The van der Waals surface area contributed by atoms with Crippen LogP contribution in [0, 0.1) is 5.82 Å². The number of carbonyl (C=O) groups is 2. The van der Waals surface area contributed by atoms with Crippen molar-refractivity contribution in [1.29, 1.82) is 0 Å². The van der Waals surface area contributed by atoms with Crippen LogP contribution in [0.15, 0.2) is 16.6 Å². The Morgan fingerprint density at radius 1 is 1.15 bits per heavy atom. The van der Waals surface area contributed by atoms with Gasteiger partial charge in [-0.15, -0.1) is 0 Å². The minimum absolute atomic E-state index is 0.156. The largest absolute Gasteiger partial charge is 0.396 e. The van der Waals surface area contributed by atoms with Crippen molar-refractivity contribution in [3.8, 4) is 0 Å². The van der Waals surface area contributed by atoms with Gasteiger partial charge in [0.15, 0.2) is 0 Å². The number of ketones is 1. The maximum Gasteiger partial charge on any atom is 0.299 e. The van der Waals surface area contributed by atoms with Crippen LogP contribution in [0.2, 0.25) is 0 Å². The molecule has 108 valence electrons. The quantitative estimate of drug-likeness (QED) is 0.638. The van der Waals surface area contributed by atoms with E-state index in [1.165, 1.54) is 17.0 Å². The van der Waals surface area contributed by atoms with Gasteiger partial charge in [0.25, 0.3) is 11.7 Å². The first-order valence-electron chi connectivity index (χ1n) is 6.52. The number of Topliss-reactive ketones (excluding diaryl/α,β-unsaturated/α-hetero) is 1. The fourth-order valence-electron chi connectivity index (χ4n) is 2.25. The third-order valence-corrected chi connectivity index (χ3v) is 3.91.